The summed E-state index contributed by atoms with van der Waals surface area (Å²) in [5, 5.41) is 21.4. The molecule has 0 radical (unpaired) electrons. The highest BCUT2D eigenvalue weighted by molar-refractivity contribution is 5.32. The van der Waals surface area contributed by atoms with E-state index in [0.29, 0.717) is 12.5 Å². The number of aliphatic hydroxyl groups excluding tert-OH is 2. The molecule has 3 nitrogen and oxygen atoms in total. The van der Waals surface area contributed by atoms with E-state index in [0.717, 1.165) is 13.0 Å². The van der Waals surface area contributed by atoms with E-state index >= 15 is 0 Å². The van der Waals surface area contributed by atoms with Crippen molar-refractivity contribution in [2.24, 2.45) is 0 Å². The van der Waals surface area contributed by atoms with E-state index in [1.807, 2.05) is 12.1 Å². The SMILES string of the molecule is OCC(O)CNCCC(c1ccccc1)c1ccccc1. The normalized spacial score (nSPS) is 12.5. The number of nitrogens with one attached hydrogen (secondary N) is 1. The summed E-state index contributed by atoms with van der Waals surface area (Å²) in [6.45, 7) is 1.02. The number of benzene rings is 2. The summed E-state index contributed by atoms with van der Waals surface area (Å²) in [4.78, 5) is 0. The van der Waals surface area contributed by atoms with Gasteiger partial charge >= 0.3 is 0 Å². The summed E-state index contributed by atoms with van der Waals surface area (Å²) in [7, 11) is 0. The van der Waals surface area contributed by atoms with E-state index in [1.54, 1.807) is 0 Å². The van der Waals surface area contributed by atoms with Crippen LogP contribution in [0.5, 0.6) is 0 Å². The Balaban J connectivity index is 2.00. The molecule has 0 saturated heterocycles. The van der Waals surface area contributed by atoms with Gasteiger partial charge < -0.3 is 15.5 Å². The van der Waals surface area contributed by atoms with E-state index in [1.165, 1.54) is 11.1 Å². The Morgan fingerprint density at radius 1 is 0.857 bits per heavy atom. The van der Waals surface area contributed by atoms with Gasteiger partial charge in [0.2, 0.25) is 0 Å². The summed E-state index contributed by atoms with van der Waals surface area (Å²) < 4.78 is 0. The molecule has 0 bridgehead atoms. The highest BCUT2D eigenvalue weighted by Gasteiger charge is 2.13. The van der Waals surface area contributed by atoms with Crippen LogP contribution in [0.4, 0.5) is 0 Å². The smallest absolute Gasteiger partial charge is 0.0894 e. The molecule has 112 valence electrons. The summed E-state index contributed by atoms with van der Waals surface area (Å²) in [6.07, 6.45) is 0.267. The van der Waals surface area contributed by atoms with Crippen molar-refractivity contribution in [1.82, 2.24) is 5.32 Å². The van der Waals surface area contributed by atoms with Crippen LogP contribution < -0.4 is 5.32 Å². The second-order valence-corrected chi connectivity index (χ2v) is 5.20. The lowest BCUT2D eigenvalue weighted by molar-refractivity contribution is 0.0945. The van der Waals surface area contributed by atoms with Gasteiger partial charge in [0.15, 0.2) is 0 Å². The molecule has 0 heterocycles. The molecule has 1 atom stereocenters. The van der Waals surface area contributed by atoms with Crippen LogP contribution in [-0.2, 0) is 0 Å². The highest BCUT2D eigenvalue weighted by Crippen LogP contribution is 2.27. The van der Waals surface area contributed by atoms with Gasteiger partial charge in [0, 0.05) is 12.5 Å². The minimum absolute atomic E-state index is 0.201. The van der Waals surface area contributed by atoms with Crippen molar-refractivity contribution in [2.45, 2.75) is 18.4 Å². The Hall–Kier alpha value is -1.68. The molecule has 3 N–H and O–H groups in total. The predicted octanol–water partition coefficient (Wildman–Crippen LogP) is 2.15. The first kappa shape index (κ1) is 15.7. The molecule has 3 heteroatoms. The van der Waals surface area contributed by atoms with Gasteiger partial charge in [-0.1, -0.05) is 60.7 Å². The van der Waals surface area contributed by atoms with Gasteiger partial charge in [0.1, 0.15) is 0 Å². The lowest BCUT2D eigenvalue weighted by atomic mass is 9.88. The van der Waals surface area contributed by atoms with Gasteiger partial charge in [0.05, 0.1) is 12.7 Å². The van der Waals surface area contributed by atoms with Crippen molar-refractivity contribution < 1.29 is 10.2 Å². The van der Waals surface area contributed by atoms with Crippen LogP contribution in [0.3, 0.4) is 0 Å². The molecule has 1 unspecified atom stereocenters. The van der Waals surface area contributed by atoms with Crippen LogP contribution >= 0.6 is 0 Å². The molecule has 2 rings (SSSR count). The average molecular weight is 285 g/mol. The Kier molecular flexibility index (Phi) is 6.41. The standard InChI is InChI=1S/C18H23NO2/c20-14-17(21)13-19-12-11-18(15-7-3-1-4-8-15)16-9-5-2-6-10-16/h1-10,17-21H,11-14H2. The fraction of sp³-hybridized carbons (Fsp3) is 0.333. The van der Waals surface area contributed by atoms with Crippen LogP contribution in [0.1, 0.15) is 23.5 Å². The maximum atomic E-state index is 9.34. The molecule has 0 saturated carbocycles. The predicted molar refractivity (Wildman–Crippen MR) is 85.3 cm³/mol. The molecule has 0 aliphatic heterocycles. The fourth-order valence-corrected chi connectivity index (χ4v) is 2.48. The van der Waals surface area contributed by atoms with Crippen molar-refractivity contribution in [3.63, 3.8) is 0 Å². The number of hydrogen-bond donors (Lipinski definition) is 3. The average Bonchev–Trinajstić information content (AvgIpc) is 2.56. The number of rotatable bonds is 8. The zero-order valence-electron chi connectivity index (χ0n) is 12.2. The molecule has 21 heavy (non-hydrogen) atoms. The quantitative estimate of drug-likeness (QED) is 0.651. The molecule has 0 fully saturated rings. The van der Waals surface area contributed by atoms with Crippen molar-refractivity contribution >= 4 is 0 Å². The topological polar surface area (TPSA) is 52.5 Å². The van der Waals surface area contributed by atoms with Gasteiger partial charge in [0.25, 0.3) is 0 Å². The van der Waals surface area contributed by atoms with Gasteiger partial charge in [-0.2, -0.15) is 0 Å². The van der Waals surface area contributed by atoms with E-state index in [2.05, 4.69) is 53.8 Å². The lowest BCUT2D eigenvalue weighted by Crippen LogP contribution is -2.30. The Morgan fingerprint density at radius 2 is 1.38 bits per heavy atom. The second kappa shape index (κ2) is 8.57. The van der Waals surface area contributed by atoms with Gasteiger partial charge in [-0.15, -0.1) is 0 Å². The molecule has 0 aliphatic rings. The molecule has 2 aromatic rings. The van der Waals surface area contributed by atoms with Crippen LogP contribution in [0.15, 0.2) is 60.7 Å². The minimum atomic E-state index is -0.683. The van der Waals surface area contributed by atoms with E-state index in [4.69, 9.17) is 5.11 Å². The first-order valence-corrected chi connectivity index (χ1v) is 7.40. The van der Waals surface area contributed by atoms with Crippen molar-refractivity contribution in [3.05, 3.63) is 71.8 Å². The Morgan fingerprint density at radius 3 is 1.86 bits per heavy atom. The summed E-state index contributed by atoms with van der Waals surface area (Å²) >= 11 is 0. The summed E-state index contributed by atoms with van der Waals surface area (Å²) in [6, 6.07) is 20.9. The maximum absolute atomic E-state index is 9.34. The van der Waals surface area contributed by atoms with E-state index < -0.39 is 6.10 Å². The molecule has 0 aliphatic carbocycles. The Labute approximate surface area is 126 Å². The molecule has 0 spiro atoms. The third kappa shape index (κ3) is 4.97. The first-order chi connectivity index (χ1) is 10.3. The number of hydrogen-bond acceptors (Lipinski definition) is 3. The third-order valence-electron chi connectivity index (χ3n) is 3.60. The highest BCUT2D eigenvalue weighted by atomic mass is 16.3. The fourth-order valence-electron chi connectivity index (χ4n) is 2.48. The van der Waals surface area contributed by atoms with E-state index in [9.17, 15) is 5.11 Å². The molecular formula is C18H23NO2. The Bertz CT molecular complexity index is 462. The van der Waals surface area contributed by atoms with Crippen LogP contribution in [-0.4, -0.2) is 36.0 Å². The monoisotopic (exact) mass is 285 g/mol. The zero-order valence-corrected chi connectivity index (χ0v) is 12.2. The van der Waals surface area contributed by atoms with Crippen LogP contribution in [0, 0.1) is 0 Å². The molecular weight excluding hydrogens is 262 g/mol. The summed E-state index contributed by atoms with van der Waals surface area (Å²) in [5.41, 5.74) is 2.60. The van der Waals surface area contributed by atoms with Crippen LogP contribution in [0.2, 0.25) is 0 Å². The van der Waals surface area contributed by atoms with Gasteiger partial charge in [-0.05, 0) is 24.1 Å². The second-order valence-electron chi connectivity index (χ2n) is 5.20. The van der Waals surface area contributed by atoms with Gasteiger partial charge in [-0.25, -0.2) is 0 Å². The maximum Gasteiger partial charge on any atom is 0.0894 e. The lowest BCUT2D eigenvalue weighted by Gasteiger charge is -2.19. The molecule has 0 aromatic heterocycles. The van der Waals surface area contributed by atoms with Crippen molar-refractivity contribution in [3.8, 4) is 0 Å². The largest absolute Gasteiger partial charge is 0.394 e. The van der Waals surface area contributed by atoms with Crippen molar-refractivity contribution in [2.75, 3.05) is 19.7 Å². The number of aliphatic hydroxyl groups is 2. The molecule has 0 amide bonds. The van der Waals surface area contributed by atoms with E-state index in [-0.39, 0.29) is 6.61 Å². The van der Waals surface area contributed by atoms with Gasteiger partial charge in [-0.3, -0.25) is 0 Å². The van der Waals surface area contributed by atoms with Crippen LogP contribution in [0.25, 0.3) is 0 Å². The molecule has 2 aromatic carbocycles. The first-order valence-electron chi connectivity index (χ1n) is 7.40. The zero-order chi connectivity index (χ0) is 14.9. The third-order valence-corrected chi connectivity index (χ3v) is 3.60. The van der Waals surface area contributed by atoms with Crippen molar-refractivity contribution in [1.29, 1.82) is 0 Å². The minimum Gasteiger partial charge on any atom is -0.394 e. The summed E-state index contributed by atoms with van der Waals surface area (Å²) in [5.74, 6) is 0.339.